The Balaban J connectivity index is 1.41. The van der Waals surface area contributed by atoms with Crippen LogP contribution in [0.4, 0.5) is 0 Å². The minimum atomic E-state index is -0.842. The van der Waals surface area contributed by atoms with Crippen molar-refractivity contribution in [2.75, 3.05) is 6.61 Å². The third-order valence-corrected chi connectivity index (χ3v) is 5.70. The fraction of sp³-hybridized carbons (Fsp3) is 0.417. The van der Waals surface area contributed by atoms with E-state index in [1.165, 1.54) is 16.7 Å². The maximum absolute atomic E-state index is 12.2. The molecule has 0 unspecified atom stereocenters. The van der Waals surface area contributed by atoms with Crippen molar-refractivity contribution in [1.29, 1.82) is 0 Å². The van der Waals surface area contributed by atoms with Gasteiger partial charge in [0.2, 0.25) is 11.8 Å². The Morgan fingerprint density at radius 1 is 1.07 bits per heavy atom. The lowest BCUT2D eigenvalue weighted by molar-refractivity contribution is -0.131. The van der Waals surface area contributed by atoms with Crippen LogP contribution in [0.3, 0.4) is 0 Å². The van der Waals surface area contributed by atoms with Gasteiger partial charge in [-0.1, -0.05) is 49.2 Å². The standard InChI is InChI=1S/C24H30N2O3/c1-18-7-2-3-8-20(18)17-19-10-12-21(13-11-19)29-16-6-9-22(27)26-24(23(25)28)14-4-5-15-24/h2-3,7-8,10-13H,4-6,9,14-17H2,1H3,(H2,25,28)(H,26,27). The van der Waals surface area contributed by atoms with E-state index in [4.69, 9.17) is 10.5 Å². The number of benzene rings is 2. The number of rotatable bonds is 9. The smallest absolute Gasteiger partial charge is 0.243 e. The Morgan fingerprint density at radius 3 is 2.41 bits per heavy atom. The first-order chi connectivity index (χ1) is 14.0. The van der Waals surface area contributed by atoms with Gasteiger partial charge in [-0.05, 0) is 61.4 Å². The normalized spacial score (nSPS) is 15.1. The quantitative estimate of drug-likeness (QED) is 0.637. The van der Waals surface area contributed by atoms with Crippen LogP contribution in [0.2, 0.25) is 0 Å². The molecule has 29 heavy (non-hydrogen) atoms. The average molecular weight is 395 g/mol. The number of ether oxygens (including phenoxy) is 1. The molecule has 1 saturated carbocycles. The van der Waals surface area contributed by atoms with Gasteiger partial charge in [0.05, 0.1) is 6.61 Å². The first-order valence-corrected chi connectivity index (χ1v) is 10.4. The SMILES string of the molecule is Cc1ccccc1Cc1ccc(OCCCC(=O)NC2(C(N)=O)CCCC2)cc1. The first kappa shape index (κ1) is 20.9. The van der Waals surface area contributed by atoms with E-state index in [9.17, 15) is 9.59 Å². The maximum Gasteiger partial charge on any atom is 0.243 e. The zero-order chi connectivity index (χ0) is 20.7. The second-order valence-corrected chi connectivity index (χ2v) is 7.90. The second-order valence-electron chi connectivity index (χ2n) is 7.90. The molecule has 1 fully saturated rings. The first-order valence-electron chi connectivity index (χ1n) is 10.4. The van der Waals surface area contributed by atoms with Crippen molar-refractivity contribution in [2.24, 2.45) is 5.73 Å². The van der Waals surface area contributed by atoms with E-state index in [0.29, 0.717) is 32.3 Å². The van der Waals surface area contributed by atoms with Gasteiger partial charge in [0.15, 0.2) is 0 Å². The van der Waals surface area contributed by atoms with Crippen molar-refractivity contribution < 1.29 is 14.3 Å². The van der Waals surface area contributed by atoms with Gasteiger partial charge >= 0.3 is 0 Å². The molecule has 5 heteroatoms. The van der Waals surface area contributed by atoms with E-state index in [2.05, 4.69) is 48.6 Å². The molecule has 3 rings (SSSR count). The summed E-state index contributed by atoms with van der Waals surface area (Å²) in [6.45, 7) is 2.58. The second kappa shape index (κ2) is 9.59. The number of primary amides is 1. The number of nitrogens with one attached hydrogen (secondary N) is 1. The van der Waals surface area contributed by atoms with Gasteiger partial charge in [-0.2, -0.15) is 0 Å². The summed E-state index contributed by atoms with van der Waals surface area (Å²) >= 11 is 0. The monoisotopic (exact) mass is 394 g/mol. The summed E-state index contributed by atoms with van der Waals surface area (Å²) in [5.41, 5.74) is 8.51. The molecule has 0 bridgehead atoms. The molecule has 154 valence electrons. The van der Waals surface area contributed by atoms with E-state index in [1.807, 2.05) is 12.1 Å². The Labute approximate surface area is 172 Å². The van der Waals surface area contributed by atoms with Crippen molar-refractivity contribution in [1.82, 2.24) is 5.32 Å². The molecule has 2 aromatic rings. The van der Waals surface area contributed by atoms with Crippen LogP contribution in [0.15, 0.2) is 48.5 Å². The van der Waals surface area contributed by atoms with E-state index in [0.717, 1.165) is 25.0 Å². The zero-order valence-electron chi connectivity index (χ0n) is 17.1. The van der Waals surface area contributed by atoms with Crippen LogP contribution in [0.25, 0.3) is 0 Å². The zero-order valence-corrected chi connectivity index (χ0v) is 17.1. The fourth-order valence-electron chi connectivity index (χ4n) is 3.90. The Kier molecular flexibility index (Phi) is 6.91. The minimum absolute atomic E-state index is 0.136. The predicted octanol–water partition coefficient (Wildman–Crippen LogP) is 3.66. The topological polar surface area (TPSA) is 81.4 Å². The van der Waals surface area contributed by atoms with Gasteiger partial charge in [-0.3, -0.25) is 9.59 Å². The molecule has 0 radical (unpaired) electrons. The van der Waals surface area contributed by atoms with E-state index >= 15 is 0 Å². The van der Waals surface area contributed by atoms with Crippen molar-refractivity contribution in [3.05, 3.63) is 65.2 Å². The fourth-order valence-corrected chi connectivity index (χ4v) is 3.90. The van der Waals surface area contributed by atoms with Crippen LogP contribution in [0.5, 0.6) is 5.75 Å². The molecule has 3 N–H and O–H groups in total. The summed E-state index contributed by atoms with van der Waals surface area (Å²) in [6, 6.07) is 16.5. The summed E-state index contributed by atoms with van der Waals surface area (Å²) in [5.74, 6) is 0.233. The van der Waals surface area contributed by atoms with Gasteiger partial charge in [-0.15, -0.1) is 0 Å². The number of hydrogen-bond donors (Lipinski definition) is 2. The third kappa shape index (κ3) is 5.59. The van der Waals surface area contributed by atoms with Crippen LogP contribution in [-0.4, -0.2) is 24.0 Å². The molecular weight excluding hydrogens is 364 g/mol. The van der Waals surface area contributed by atoms with Crippen LogP contribution < -0.4 is 15.8 Å². The van der Waals surface area contributed by atoms with Gasteiger partial charge in [0, 0.05) is 6.42 Å². The van der Waals surface area contributed by atoms with Gasteiger partial charge in [-0.25, -0.2) is 0 Å². The van der Waals surface area contributed by atoms with E-state index < -0.39 is 11.4 Å². The van der Waals surface area contributed by atoms with Gasteiger partial charge < -0.3 is 15.8 Å². The molecule has 5 nitrogen and oxygen atoms in total. The molecule has 2 aromatic carbocycles. The molecule has 0 heterocycles. The highest BCUT2D eigenvalue weighted by molar-refractivity contribution is 5.90. The lowest BCUT2D eigenvalue weighted by atomic mass is 9.96. The Morgan fingerprint density at radius 2 is 1.76 bits per heavy atom. The number of carbonyl (C=O) groups excluding carboxylic acids is 2. The molecule has 0 spiro atoms. The maximum atomic E-state index is 12.2. The number of amides is 2. The molecule has 0 atom stereocenters. The molecule has 1 aliphatic rings. The van der Waals surface area contributed by atoms with E-state index in [1.54, 1.807) is 0 Å². The summed E-state index contributed by atoms with van der Waals surface area (Å²) in [4.78, 5) is 23.9. The summed E-state index contributed by atoms with van der Waals surface area (Å²) in [6.07, 6.45) is 4.93. The lowest BCUT2D eigenvalue weighted by Gasteiger charge is -2.26. The number of carbonyl (C=O) groups is 2. The summed E-state index contributed by atoms with van der Waals surface area (Å²) in [7, 11) is 0. The average Bonchev–Trinajstić information content (AvgIpc) is 3.18. The van der Waals surface area contributed by atoms with Crippen molar-refractivity contribution in [3.63, 3.8) is 0 Å². The van der Waals surface area contributed by atoms with Gasteiger partial charge in [0.25, 0.3) is 0 Å². The van der Waals surface area contributed by atoms with Crippen molar-refractivity contribution in [3.8, 4) is 5.75 Å². The highest BCUT2D eigenvalue weighted by atomic mass is 16.5. The third-order valence-electron chi connectivity index (χ3n) is 5.70. The van der Waals surface area contributed by atoms with Crippen molar-refractivity contribution >= 4 is 11.8 Å². The van der Waals surface area contributed by atoms with Gasteiger partial charge in [0.1, 0.15) is 11.3 Å². The van der Waals surface area contributed by atoms with E-state index in [-0.39, 0.29) is 5.91 Å². The highest BCUT2D eigenvalue weighted by Crippen LogP contribution is 2.29. The number of hydrogen-bond acceptors (Lipinski definition) is 3. The van der Waals surface area contributed by atoms with Crippen LogP contribution in [0, 0.1) is 6.92 Å². The van der Waals surface area contributed by atoms with Crippen LogP contribution in [0.1, 0.15) is 55.2 Å². The molecule has 0 saturated heterocycles. The van der Waals surface area contributed by atoms with Crippen LogP contribution >= 0.6 is 0 Å². The predicted molar refractivity (Wildman–Crippen MR) is 114 cm³/mol. The van der Waals surface area contributed by atoms with Crippen LogP contribution in [-0.2, 0) is 16.0 Å². The highest BCUT2D eigenvalue weighted by Gasteiger charge is 2.40. The number of aryl methyl sites for hydroxylation is 1. The summed E-state index contributed by atoms with van der Waals surface area (Å²) < 4.78 is 5.76. The largest absolute Gasteiger partial charge is 0.494 e. The molecular formula is C24H30N2O3. The molecule has 1 aliphatic carbocycles. The minimum Gasteiger partial charge on any atom is -0.494 e. The molecule has 0 aliphatic heterocycles. The summed E-state index contributed by atoms with van der Waals surface area (Å²) in [5, 5.41) is 2.86. The molecule has 0 aromatic heterocycles. The molecule has 2 amide bonds. The van der Waals surface area contributed by atoms with Crippen molar-refractivity contribution in [2.45, 2.75) is 57.4 Å². The number of nitrogens with two attached hydrogens (primary N) is 1. The Bertz CT molecular complexity index is 839. The lowest BCUT2D eigenvalue weighted by Crippen LogP contribution is -2.55. The Hall–Kier alpha value is -2.82.